The highest BCUT2D eigenvalue weighted by Crippen LogP contribution is 2.25. The molecule has 0 radical (unpaired) electrons. The molecule has 0 aliphatic heterocycles. The number of halogens is 1. The predicted octanol–water partition coefficient (Wildman–Crippen LogP) is 3.79. The third kappa shape index (κ3) is 3.19. The number of benzene rings is 1. The molecule has 15 heavy (non-hydrogen) atoms. The monoisotopic (exact) mass is 256 g/mol. The Hall–Kier alpha value is -0.580. The van der Waals surface area contributed by atoms with Gasteiger partial charge in [0.25, 0.3) is 0 Å². The van der Waals surface area contributed by atoms with Gasteiger partial charge in [-0.25, -0.2) is 0 Å². The second-order valence-electron chi connectivity index (χ2n) is 3.10. The molecule has 0 unspecified atom stereocenters. The summed E-state index contributed by atoms with van der Waals surface area (Å²) in [4.78, 5) is 4.08. The quantitative estimate of drug-likeness (QED) is 0.782. The number of rotatable bonds is 3. The maximum Gasteiger partial charge on any atom is 0.235 e. The van der Waals surface area contributed by atoms with Crippen LogP contribution in [0.3, 0.4) is 0 Å². The van der Waals surface area contributed by atoms with Crippen molar-refractivity contribution in [3.05, 3.63) is 40.7 Å². The topological polar surface area (TPSA) is 25.8 Å². The van der Waals surface area contributed by atoms with E-state index in [1.54, 1.807) is 11.8 Å². The van der Waals surface area contributed by atoms with Crippen LogP contribution in [0.5, 0.6) is 0 Å². The largest absolute Gasteiger partial charge is 0.235 e. The van der Waals surface area contributed by atoms with Gasteiger partial charge in [-0.05, 0) is 35.6 Å². The van der Waals surface area contributed by atoms with Crippen LogP contribution in [0.25, 0.3) is 0 Å². The van der Waals surface area contributed by atoms with E-state index in [-0.39, 0.29) is 0 Å². The lowest BCUT2D eigenvalue weighted by Crippen LogP contribution is -1.80. The van der Waals surface area contributed by atoms with Gasteiger partial charge in [-0.3, -0.25) is 0 Å². The smallest absolute Gasteiger partial charge is 0.198 e. The molecule has 0 bridgehead atoms. The fourth-order valence-electron chi connectivity index (χ4n) is 1.08. The van der Waals surface area contributed by atoms with Crippen LogP contribution in [0, 0.1) is 6.92 Å². The van der Waals surface area contributed by atoms with Gasteiger partial charge in [0.15, 0.2) is 4.34 Å². The van der Waals surface area contributed by atoms with E-state index in [1.165, 1.54) is 22.7 Å². The molecular formula is C10H9ClN2S2. The van der Waals surface area contributed by atoms with Crippen molar-refractivity contribution in [3.63, 3.8) is 0 Å². The molecule has 0 atom stereocenters. The third-order valence-corrected chi connectivity index (χ3v) is 4.04. The lowest BCUT2D eigenvalue weighted by molar-refractivity contribution is 1.21. The fraction of sp³-hybridized carbons (Fsp3) is 0.200. The van der Waals surface area contributed by atoms with Gasteiger partial charge in [0, 0.05) is 5.75 Å². The van der Waals surface area contributed by atoms with Gasteiger partial charge in [-0.15, -0.1) is 0 Å². The maximum absolute atomic E-state index is 5.64. The zero-order valence-corrected chi connectivity index (χ0v) is 10.5. The van der Waals surface area contributed by atoms with Crippen LogP contribution >= 0.6 is 34.9 Å². The van der Waals surface area contributed by atoms with Gasteiger partial charge in [0.1, 0.15) is 0 Å². The van der Waals surface area contributed by atoms with E-state index in [0.717, 1.165) is 10.1 Å². The summed E-state index contributed by atoms with van der Waals surface area (Å²) in [5.74, 6) is 0.909. The van der Waals surface area contributed by atoms with Gasteiger partial charge in [-0.1, -0.05) is 41.6 Å². The van der Waals surface area contributed by atoms with Crippen molar-refractivity contribution < 1.29 is 0 Å². The minimum Gasteiger partial charge on any atom is -0.198 e. The average Bonchev–Trinajstić information content (AvgIpc) is 2.64. The normalized spacial score (nSPS) is 10.5. The molecule has 5 heteroatoms. The zero-order chi connectivity index (χ0) is 10.7. The number of nitrogens with zero attached hydrogens (tertiary/aromatic N) is 2. The molecule has 2 rings (SSSR count). The number of aryl methyl sites for hydroxylation is 1. The molecule has 1 aromatic carbocycles. The average molecular weight is 257 g/mol. The summed E-state index contributed by atoms with van der Waals surface area (Å²) >= 11 is 8.64. The van der Waals surface area contributed by atoms with Crippen molar-refractivity contribution in [3.8, 4) is 0 Å². The highest BCUT2D eigenvalue weighted by Gasteiger charge is 2.02. The van der Waals surface area contributed by atoms with Crippen molar-refractivity contribution in [2.45, 2.75) is 17.0 Å². The van der Waals surface area contributed by atoms with Crippen LogP contribution in [-0.2, 0) is 5.75 Å². The van der Waals surface area contributed by atoms with E-state index in [2.05, 4.69) is 40.5 Å². The summed E-state index contributed by atoms with van der Waals surface area (Å²) in [7, 11) is 0. The van der Waals surface area contributed by atoms with Crippen molar-refractivity contribution >= 4 is 34.9 Å². The summed E-state index contributed by atoms with van der Waals surface area (Å²) in [6.07, 6.45) is 0. The molecule has 0 saturated carbocycles. The summed E-state index contributed by atoms with van der Waals surface area (Å²) < 4.78 is 4.84. The van der Waals surface area contributed by atoms with Crippen molar-refractivity contribution in [1.82, 2.24) is 9.36 Å². The van der Waals surface area contributed by atoms with E-state index >= 15 is 0 Å². The third-order valence-electron chi connectivity index (χ3n) is 1.87. The molecule has 1 heterocycles. The van der Waals surface area contributed by atoms with Crippen molar-refractivity contribution in [1.29, 1.82) is 0 Å². The molecule has 0 amide bonds. The molecule has 0 saturated heterocycles. The Bertz CT molecular complexity index is 439. The number of hydrogen-bond donors (Lipinski definition) is 0. The van der Waals surface area contributed by atoms with Crippen LogP contribution in [0.4, 0.5) is 0 Å². The Morgan fingerprint density at radius 2 is 2.07 bits per heavy atom. The first-order valence-corrected chi connectivity index (χ1v) is 6.55. The van der Waals surface area contributed by atoms with E-state index in [9.17, 15) is 0 Å². The first-order chi connectivity index (χ1) is 7.24. The lowest BCUT2D eigenvalue weighted by atomic mass is 10.2. The van der Waals surface area contributed by atoms with Gasteiger partial charge >= 0.3 is 0 Å². The number of thioether (sulfide) groups is 1. The molecule has 0 aliphatic rings. The van der Waals surface area contributed by atoms with Crippen molar-refractivity contribution in [2.24, 2.45) is 0 Å². The molecule has 0 aliphatic carbocycles. The van der Waals surface area contributed by atoms with Gasteiger partial charge in [0.2, 0.25) is 5.28 Å². The fourth-order valence-corrected chi connectivity index (χ4v) is 2.82. The zero-order valence-electron chi connectivity index (χ0n) is 8.11. The Morgan fingerprint density at radius 3 is 2.67 bits per heavy atom. The second kappa shape index (κ2) is 4.96. The first-order valence-electron chi connectivity index (χ1n) is 4.41. The van der Waals surface area contributed by atoms with Gasteiger partial charge < -0.3 is 0 Å². The summed E-state index contributed by atoms with van der Waals surface area (Å²) in [5, 5.41) is 0.339. The van der Waals surface area contributed by atoms with Crippen molar-refractivity contribution in [2.75, 3.05) is 0 Å². The lowest BCUT2D eigenvalue weighted by Gasteiger charge is -1.98. The van der Waals surface area contributed by atoms with Crippen LogP contribution in [-0.4, -0.2) is 9.36 Å². The predicted molar refractivity (Wildman–Crippen MR) is 65.7 cm³/mol. The molecule has 1 aromatic heterocycles. The van der Waals surface area contributed by atoms with Crippen LogP contribution in [0.2, 0.25) is 5.28 Å². The molecule has 0 spiro atoms. The summed E-state index contributed by atoms with van der Waals surface area (Å²) in [5.41, 5.74) is 2.57. The standard InChI is InChI=1S/C10H9ClN2S2/c1-7-2-4-8(5-3-7)6-14-10-12-9(11)13-15-10/h2-5H,6H2,1H3. The highest BCUT2D eigenvalue weighted by atomic mass is 35.5. The molecule has 2 nitrogen and oxygen atoms in total. The number of hydrogen-bond acceptors (Lipinski definition) is 4. The summed E-state index contributed by atoms with van der Waals surface area (Å²) in [6, 6.07) is 8.49. The Labute approximate surface area is 102 Å². The molecule has 0 N–H and O–H groups in total. The van der Waals surface area contributed by atoms with Gasteiger partial charge in [-0.2, -0.15) is 9.36 Å². The van der Waals surface area contributed by atoms with Crippen LogP contribution in [0.1, 0.15) is 11.1 Å². The highest BCUT2D eigenvalue weighted by molar-refractivity contribution is 8.00. The van der Waals surface area contributed by atoms with Crippen LogP contribution in [0.15, 0.2) is 28.6 Å². The second-order valence-corrected chi connectivity index (χ2v) is 5.42. The Balaban J connectivity index is 1.96. The van der Waals surface area contributed by atoms with E-state index in [4.69, 9.17) is 11.6 Å². The minimum absolute atomic E-state index is 0.339. The van der Waals surface area contributed by atoms with Crippen LogP contribution < -0.4 is 0 Å². The summed E-state index contributed by atoms with van der Waals surface area (Å²) in [6.45, 7) is 2.08. The minimum atomic E-state index is 0.339. The molecule has 2 aromatic rings. The van der Waals surface area contributed by atoms with E-state index in [0.29, 0.717) is 5.28 Å². The van der Waals surface area contributed by atoms with Gasteiger partial charge in [0.05, 0.1) is 0 Å². The number of aromatic nitrogens is 2. The molecular weight excluding hydrogens is 248 g/mol. The maximum atomic E-state index is 5.64. The molecule has 0 fully saturated rings. The SMILES string of the molecule is Cc1ccc(CSc2nc(Cl)ns2)cc1. The molecule has 78 valence electrons. The first kappa shape index (κ1) is 10.9. The van der Waals surface area contributed by atoms with E-state index in [1.807, 2.05) is 0 Å². The Morgan fingerprint density at radius 1 is 1.33 bits per heavy atom. The van der Waals surface area contributed by atoms with E-state index < -0.39 is 0 Å². The Kier molecular flexibility index (Phi) is 3.61.